The van der Waals surface area contributed by atoms with E-state index in [2.05, 4.69) is 21.5 Å². The summed E-state index contributed by atoms with van der Waals surface area (Å²) in [5, 5.41) is 8.33. The molecule has 0 saturated carbocycles. The average molecular weight is 369 g/mol. The topological polar surface area (TPSA) is 61.2 Å². The molecule has 132 valence electrons. The Bertz CT molecular complexity index is 983. The van der Waals surface area contributed by atoms with Crippen molar-refractivity contribution in [3.8, 4) is 11.5 Å². The van der Waals surface area contributed by atoms with Crippen LogP contribution in [0.25, 0.3) is 5.70 Å². The van der Waals surface area contributed by atoms with Gasteiger partial charge in [-0.05, 0) is 29.8 Å². The molecule has 0 bridgehead atoms. The Hall–Kier alpha value is -2.99. The van der Waals surface area contributed by atoms with Crippen molar-refractivity contribution in [2.45, 2.75) is 6.04 Å². The normalized spacial score (nSPS) is 15.7. The molecule has 0 fully saturated rings. The Morgan fingerprint density at radius 1 is 1.12 bits per heavy atom. The van der Waals surface area contributed by atoms with Gasteiger partial charge in [-0.25, -0.2) is 4.68 Å². The molecule has 4 rings (SSSR count). The lowest BCUT2D eigenvalue weighted by atomic mass is 10.0. The maximum Gasteiger partial charge on any atom is 0.226 e. The molecule has 1 aliphatic heterocycles. The summed E-state index contributed by atoms with van der Waals surface area (Å²) in [5.41, 5.74) is 2.72. The number of anilines is 1. The number of halogens is 1. The fourth-order valence-corrected chi connectivity index (χ4v) is 3.30. The van der Waals surface area contributed by atoms with Gasteiger partial charge in [0.1, 0.15) is 23.9 Å². The van der Waals surface area contributed by atoms with Crippen LogP contribution >= 0.6 is 11.6 Å². The third-order valence-electron chi connectivity index (χ3n) is 4.33. The first-order chi connectivity index (χ1) is 12.7. The highest BCUT2D eigenvalue weighted by molar-refractivity contribution is 6.31. The average Bonchev–Trinajstić information content (AvgIpc) is 3.16. The van der Waals surface area contributed by atoms with Gasteiger partial charge in [0.25, 0.3) is 0 Å². The number of benzene rings is 2. The van der Waals surface area contributed by atoms with Gasteiger partial charge in [0.2, 0.25) is 5.95 Å². The van der Waals surface area contributed by atoms with Gasteiger partial charge in [0.15, 0.2) is 0 Å². The van der Waals surface area contributed by atoms with E-state index < -0.39 is 0 Å². The van der Waals surface area contributed by atoms with Crippen LogP contribution in [0.5, 0.6) is 11.5 Å². The Labute approximate surface area is 156 Å². The van der Waals surface area contributed by atoms with Gasteiger partial charge < -0.3 is 14.8 Å². The summed E-state index contributed by atoms with van der Waals surface area (Å²) in [6.45, 7) is 0. The Morgan fingerprint density at radius 2 is 1.96 bits per heavy atom. The van der Waals surface area contributed by atoms with Gasteiger partial charge in [0, 0.05) is 16.7 Å². The van der Waals surface area contributed by atoms with E-state index in [0.29, 0.717) is 16.7 Å². The van der Waals surface area contributed by atoms with Gasteiger partial charge in [0.05, 0.1) is 19.9 Å². The Balaban J connectivity index is 1.84. The second kappa shape index (κ2) is 6.72. The molecule has 1 aromatic heterocycles. The van der Waals surface area contributed by atoms with E-state index in [1.165, 1.54) is 6.33 Å². The SMILES string of the molecule is COc1ccc(C2=CC(c3ccccc3Cl)n3ncnc3N2)c(OC)c1. The second-order valence-corrected chi connectivity index (χ2v) is 6.17. The summed E-state index contributed by atoms with van der Waals surface area (Å²) >= 11 is 6.43. The van der Waals surface area contributed by atoms with Crippen molar-refractivity contribution in [2.24, 2.45) is 0 Å². The molecule has 1 aliphatic rings. The van der Waals surface area contributed by atoms with Gasteiger partial charge in [-0.15, -0.1) is 0 Å². The minimum absolute atomic E-state index is 0.177. The predicted octanol–water partition coefficient (Wildman–Crippen LogP) is 4.00. The van der Waals surface area contributed by atoms with Crippen molar-refractivity contribution in [2.75, 3.05) is 19.5 Å². The molecule has 1 unspecified atom stereocenters. The first-order valence-electron chi connectivity index (χ1n) is 8.06. The highest BCUT2D eigenvalue weighted by atomic mass is 35.5. The highest BCUT2D eigenvalue weighted by Crippen LogP contribution is 2.38. The molecule has 0 radical (unpaired) electrons. The number of fused-ring (bicyclic) bond motifs is 1. The van der Waals surface area contributed by atoms with Crippen molar-refractivity contribution in [1.82, 2.24) is 14.8 Å². The fourth-order valence-electron chi connectivity index (χ4n) is 3.05. The van der Waals surface area contributed by atoms with Crippen LogP contribution in [0.3, 0.4) is 0 Å². The van der Waals surface area contributed by atoms with Crippen molar-refractivity contribution in [3.05, 3.63) is 71.0 Å². The van der Waals surface area contributed by atoms with Crippen LogP contribution in [0, 0.1) is 0 Å². The zero-order valence-corrected chi connectivity index (χ0v) is 15.1. The van der Waals surface area contributed by atoms with Crippen LogP contribution in [0.15, 0.2) is 54.9 Å². The van der Waals surface area contributed by atoms with Crippen LogP contribution in [-0.4, -0.2) is 29.0 Å². The first kappa shape index (κ1) is 16.5. The molecule has 1 atom stereocenters. The molecule has 2 heterocycles. The van der Waals surface area contributed by atoms with Crippen LogP contribution in [0.2, 0.25) is 5.02 Å². The number of methoxy groups -OCH3 is 2. The van der Waals surface area contributed by atoms with E-state index in [-0.39, 0.29) is 6.04 Å². The highest BCUT2D eigenvalue weighted by Gasteiger charge is 2.26. The van der Waals surface area contributed by atoms with Crippen molar-refractivity contribution >= 4 is 23.2 Å². The predicted molar refractivity (Wildman–Crippen MR) is 101 cm³/mol. The van der Waals surface area contributed by atoms with E-state index in [0.717, 1.165) is 22.6 Å². The van der Waals surface area contributed by atoms with Gasteiger partial charge >= 0.3 is 0 Å². The maximum absolute atomic E-state index is 6.43. The lowest BCUT2D eigenvalue weighted by Gasteiger charge is -2.25. The minimum Gasteiger partial charge on any atom is -0.497 e. The number of nitrogens with one attached hydrogen (secondary N) is 1. The zero-order valence-electron chi connectivity index (χ0n) is 14.3. The summed E-state index contributed by atoms with van der Waals surface area (Å²) in [7, 11) is 3.26. The molecule has 2 aromatic carbocycles. The zero-order chi connectivity index (χ0) is 18.1. The number of ether oxygens (including phenoxy) is 2. The van der Waals surface area contributed by atoms with Crippen LogP contribution in [0.1, 0.15) is 17.2 Å². The summed E-state index contributed by atoms with van der Waals surface area (Å²) < 4.78 is 12.6. The molecule has 7 heteroatoms. The van der Waals surface area contributed by atoms with Crippen molar-refractivity contribution in [1.29, 1.82) is 0 Å². The number of hydrogen-bond acceptors (Lipinski definition) is 5. The molecule has 0 saturated heterocycles. The summed E-state index contributed by atoms with van der Waals surface area (Å²) in [6, 6.07) is 13.2. The van der Waals surface area contributed by atoms with Gasteiger partial charge in [-0.1, -0.05) is 29.8 Å². The molecular weight excluding hydrogens is 352 g/mol. The number of rotatable bonds is 4. The lowest BCUT2D eigenvalue weighted by Crippen LogP contribution is -2.20. The Morgan fingerprint density at radius 3 is 2.73 bits per heavy atom. The van der Waals surface area contributed by atoms with E-state index in [1.807, 2.05) is 42.5 Å². The van der Waals surface area contributed by atoms with E-state index >= 15 is 0 Å². The number of allylic oxidation sites excluding steroid dienone is 1. The van der Waals surface area contributed by atoms with Gasteiger partial charge in [-0.2, -0.15) is 10.1 Å². The van der Waals surface area contributed by atoms with E-state index in [9.17, 15) is 0 Å². The molecular formula is C19H17ClN4O2. The van der Waals surface area contributed by atoms with Gasteiger partial charge in [-0.3, -0.25) is 0 Å². The maximum atomic E-state index is 6.43. The number of hydrogen-bond donors (Lipinski definition) is 1. The number of nitrogens with zero attached hydrogens (tertiary/aromatic N) is 3. The first-order valence-corrected chi connectivity index (χ1v) is 8.44. The van der Waals surface area contributed by atoms with Crippen molar-refractivity contribution in [3.63, 3.8) is 0 Å². The van der Waals surface area contributed by atoms with Crippen LogP contribution < -0.4 is 14.8 Å². The summed E-state index contributed by atoms with van der Waals surface area (Å²) in [4.78, 5) is 4.32. The third kappa shape index (κ3) is 2.78. The van der Waals surface area contributed by atoms with Crippen molar-refractivity contribution < 1.29 is 9.47 Å². The van der Waals surface area contributed by atoms with E-state index in [4.69, 9.17) is 21.1 Å². The van der Waals surface area contributed by atoms with E-state index in [1.54, 1.807) is 18.9 Å². The minimum atomic E-state index is -0.177. The molecule has 1 N–H and O–H groups in total. The smallest absolute Gasteiger partial charge is 0.226 e. The Kier molecular flexibility index (Phi) is 4.26. The molecule has 0 amide bonds. The third-order valence-corrected chi connectivity index (χ3v) is 4.67. The largest absolute Gasteiger partial charge is 0.497 e. The quantitative estimate of drug-likeness (QED) is 0.754. The lowest BCUT2D eigenvalue weighted by molar-refractivity contribution is 0.393. The molecule has 3 aromatic rings. The molecule has 26 heavy (non-hydrogen) atoms. The summed E-state index contributed by atoms with van der Waals surface area (Å²) in [6.07, 6.45) is 3.58. The number of aromatic nitrogens is 3. The summed E-state index contributed by atoms with van der Waals surface area (Å²) in [5.74, 6) is 2.08. The van der Waals surface area contributed by atoms with Crippen LogP contribution in [-0.2, 0) is 0 Å². The molecule has 6 nitrogen and oxygen atoms in total. The standard InChI is InChI=1S/C19H17ClN4O2/c1-25-12-7-8-14(18(9-12)26-2)16-10-17(13-5-3-4-6-15(13)20)24-19(23-16)21-11-22-24/h3-11,17H,1-2H3,(H,21,22,23). The molecule has 0 spiro atoms. The fraction of sp³-hybridized carbons (Fsp3) is 0.158. The molecule has 0 aliphatic carbocycles. The monoisotopic (exact) mass is 368 g/mol. The second-order valence-electron chi connectivity index (χ2n) is 5.77. The van der Waals surface area contributed by atoms with Crippen LogP contribution in [0.4, 0.5) is 5.95 Å².